The molecule has 0 aromatic carbocycles. The van der Waals surface area contributed by atoms with Crippen LogP contribution in [0.4, 0.5) is 11.9 Å². The van der Waals surface area contributed by atoms with Crippen LogP contribution in [0.2, 0.25) is 0 Å². The molecular weight excluding hydrogens is 284 g/mol. The van der Waals surface area contributed by atoms with E-state index in [1.54, 1.807) is 0 Å². The highest BCUT2D eigenvalue weighted by molar-refractivity contribution is 5.36. The van der Waals surface area contributed by atoms with Crippen LogP contribution in [0.25, 0.3) is 22.5 Å². The molecule has 0 amide bonds. The molecule has 0 aliphatic heterocycles. The van der Waals surface area contributed by atoms with Gasteiger partial charge < -0.3 is 11.0 Å². The molecule has 16 heteroatoms. The van der Waals surface area contributed by atoms with Gasteiger partial charge in [-0.1, -0.05) is 0 Å². The van der Waals surface area contributed by atoms with Crippen molar-refractivity contribution in [3.05, 3.63) is 31.1 Å². The summed E-state index contributed by atoms with van der Waals surface area (Å²) >= 11 is 0. The third kappa shape index (κ3) is 3.82. The molecule has 16 nitrogen and oxygen atoms in total. The number of nitrogens with zero attached hydrogens (tertiary/aromatic N) is 6. The van der Waals surface area contributed by atoms with E-state index in [0.717, 1.165) is 0 Å². The Bertz CT molecular complexity index is 538. The van der Waals surface area contributed by atoms with Crippen molar-refractivity contribution in [3.63, 3.8) is 0 Å². The third-order valence-electron chi connectivity index (χ3n) is 1.61. The summed E-state index contributed by atoms with van der Waals surface area (Å²) in [6.07, 6.45) is 0. The van der Waals surface area contributed by atoms with Gasteiger partial charge in [-0.15, -0.1) is 0 Å². The van der Waals surface area contributed by atoms with E-state index in [2.05, 4.69) is 41.2 Å². The van der Waals surface area contributed by atoms with Crippen molar-refractivity contribution in [1.82, 2.24) is 20.4 Å². The van der Waals surface area contributed by atoms with Crippen LogP contribution in [0.15, 0.2) is 0 Å². The van der Waals surface area contributed by atoms with Gasteiger partial charge in [-0.3, -0.25) is 9.97 Å². The molecule has 0 saturated heterocycles. The number of nitrogens with one attached hydrogen (secondary N) is 4. The Morgan fingerprint density at radius 1 is 0.900 bits per heavy atom. The SMILES string of the molecule is O.O.O=[N+]([O-])[N-]c1[nH]nc(-c2n[nH]c([N-][N+](=O)[O-])[nH+]2)[nH+]1. The van der Waals surface area contributed by atoms with Gasteiger partial charge in [0.25, 0.3) is 11.9 Å². The van der Waals surface area contributed by atoms with Crippen LogP contribution < -0.4 is 9.97 Å². The topological polar surface area (TPSA) is 263 Å². The number of hydrogen-bond donors (Lipinski definition) is 2. The van der Waals surface area contributed by atoms with Crippen molar-refractivity contribution >= 4 is 11.9 Å². The lowest BCUT2D eigenvalue weighted by Gasteiger charge is -1.86. The van der Waals surface area contributed by atoms with Gasteiger partial charge in [-0.25, -0.2) is 30.4 Å². The maximum Gasteiger partial charge on any atom is 0.295 e. The third-order valence-corrected chi connectivity index (χ3v) is 1.61. The van der Waals surface area contributed by atoms with E-state index in [4.69, 9.17) is 0 Å². The van der Waals surface area contributed by atoms with Crippen LogP contribution in [0.3, 0.4) is 0 Å². The van der Waals surface area contributed by atoms with Crippen molar-refractivity contribution in [1.29, 1.82) is 0 Å². The summed E-state index contributed by atoms with van der Waals surface area (Å²) in [5.41, 5.74) is 5.85. The number of rotatable bonds is 5. The lowest BCUT2D eigenvalue weighted by Crippen LogP contribution is -2.12. The van der Waals surface area contributed by atoms with E-state index < -0.39 is 10.1 Å². The minimum absolute atomic E-state index is 0. The molecule has 2 rings (SSSR count). The molecule has 2 heterocycles. The minimum Gasteiger partial charge on any atom is -0.412 e. The van der Waals surface area contributed by atoms with Gasteiger partial charge in [0.15, 0.2) is 21.7 Å². The molecule has 0 spiro atoms. The van der Waals surface area contributed by atoms with Gasteiger partial charge in [-0.2, -0.15) is 10.2 Å². The largest absolute Gasteiger partial charge is 0.412 e. The molecule has 0 saturated carbocycles. The fourth-order valence-corrected chi connectivity index (χ4v) is 1.04. The predicted molar refractivity (Wildman–Crippen MR) is 56.5 cm³/mol. The van der Waals surface area contributed by atoms with Gasteiger partial charge in [0.1, 0.15) is 10.9 Å². The van der Waals surface area contributed by atoms with Crippen LogP contribution in [0.5, 0.6) is 0 Å². The van der Waals surface area contributed by atoms with E-state index in [-0.39, 0.29) is 34.5 Å². The van der Waals surface area contributed by atoms with Gasteiger partial charge in [-0.05, 0) is 0 Å². The van der Waals surface area contributed by atoms with Crippen LogP contribution in [0, 0.1) is 20.2 Å². The Labute approximate surface area is 107 Å². The Balaban J connectivity index is 0.00000180. The zero-order chi connectivity index (χ0) is 13.1. The maximum absolute atomic E-state index is 10.1. The molecule has 8 N–H and O–H groups in total. The first-order valence-corrected chi connectivity index (χ1v) is 4.22. The molecule has 0 radical (unpaired) electrons. The fraction of sp³-hybridized carbons (Fsp3) is 0. The number of hydrogen-bond acceptors (Lipinski definition) is 6. The highest BCUT2D eigenvalue weighted by Crippen LogP contribution is 2.11. The maximum atomic E-state index is 10.1. The summed E-state index contributed by atoms with van der Waals surface area (Å²) in [4.78, 5) is 25.0. The summed E-state index contributed by atoms with van der Waals surface area (Å²) in [6, 6.07) is 0. The van der Waals surface area contributed by atoms with Gasteiger partial charge >= 0.3 is 0 Å². The molecule has 0 bridgehead atoms. The normalized spacial score (nSPS) is 9.00. The summed E-state index contributed by atoms with van der Waals surface area (Å²) in [7, 11) is 0. The summed E-state index contributed by atoms with van der Waals surface area (Å²) in [5, 5.41) is 30.1. The summed E-state index contributed by atoms with van der Waals surface area (Å²) < 4.78 is 0. The van der Waals surface area contributed by atoms with Crippen LogP contribution in [-0.2, 0) is 0 Å². The second-order valence-electron chi connectivity index (χ2n) is 2.77. The Kier molecular flexibility index (Phi) is 5.40. The van der Waals surface area contributed by atoms with Crippen LogP contribution >= 0.6 is 0 Å². The van der Waals surface area contributed by atoms with Gasteiger partial charge in [0, 0.05) is 0 Å². The van der Waals surface area contributed by atoms with E-state index in [1.807, 2.05) is 0 Å². The van der Waals surface area contributed by atoms with Crippen molar-refractivity contribution in [2.24, 2.45) is 0 Å². The summed E-state index contributed by atoms with van der Waals surface area (Å²) in [5.74, 6) is -0.286. The fourth-order valence-electron chi connectivity index (χ4n) is 1.04. The Morgan fingerprint density at radius 3 is 1.55 bits per heavy atom. The molecule has 0 atom stereocenters. The molecule has 0 aliphatic rings. The van der Waals surface area contributed by atoms with Crippen LogP contribution in [0.1, 0.15) is 0 Å². The molecular formula is C4H8N10O6. The zero-order valence-electron chi connectivity index (χ0n) is 9.32. The predicted octanol–water partition coefficient (Wildman–Crippen LogP) is -2.83. The van der Waals surface area contributed by atoms with E-state index in [1.165, 1.54) is 0 Å². The second-order valence-corrected chi connectivity index (χ2v) is 2.77. The van der Waals surface area contributed by atoms with Gasteiger partial charge in [0.2, 0.25) is 0 Å². The lowest BCUT2D eigenvalue weighted by molar-refractivity contribution is -0.449. The first kappa shape index (κ1) is 16.6. The standard InChI is InChI=1S/C4H2N10O4.2H2O/c15-13(16)11-3-5-1(7-9-3)2-6-4(10-8-2)12-14(17)18;;/h(H2-2,5,6,7,8,9,10,11,12);2*1H2/q-2;;/p+2. The van der Waals surface area contributed by atoms with Crippen molar-refractivity contribution < 1.29 is 31.0 Å². The van der Waals surface area contributed by atoms with E-state index in [9.17, 15) is 20.2 Å². The molecule has 20 heavy (non-hydrogen) atoms. The van der Waals surface area contributed by atoms with Gasteiger partial charge in [0.05, 0.1) is 0 Å². The second kappa shape index (κ2) is 6.51. The van der Waals surface area contributed by atoms with Crippen molar-refractivity contribution in [3.8, 4) is 11.6 Å². The number of nitro groups is 2. The average Bonchev–Trinajstić information content (AvgIpc) is 2.85. The highest BCUT2D eigenvalue weighted by atomic mass is 16.7. The smallest absolute Gasteiger partial charge is 0.295 e. The molecule has 0 fully saturated rings. The van der Waals surface area contributed by atoms with Crippen molar-refractivity contribution in [2.75, 3.05) is 0 Å². The molecule has 110 valence electrons. The lowest BCUT2D eigenvalue weighted by atomic mass is 10.6. The Morgan fingerprint density at radius 2 is 1.25 bits per heavy atom. The number of aromatic amines is 4. The first-order valence-electron chi connectivity index (χ1n) is 4.22. The summed E-state index contributed by atoms with van der Waals surface area (Å²) in [6.45, 7) is 0. The van der Waals surface area contributed by atoms with Crippen LogP contribution in [-0.4, -0.2) is 41.4 Å². The minimum atomic E-state index is -0.921. The number of aromatic nitrogens is 6. The van der Waals surface area contributed by atoms with E-state index >= 15 is 0 Å². The molecule has 2 aromatic heterocycles. The van der Waals surface area contributed by atoms with Crippen molar-refractivity contribution in [2.45, 2.75) is 0 Å². The Hall–Kier alpha value is -3.40. The molecule has 2 aromatic rings. The zero-order valence-corrected chi connectivity index (χ0v) is 9.32. The monoisotopic (exact) mass is 292 g/mol. The van der Waals surface area contributed by atoms with E-state index in [0.29, 0.717) is 0 Å². The quantitative estimate of drug-likeness (QED) is 0.432. The number of H-pyrrole nitrogens is 4. The highest BCUT2D eigenvalue weighted by Gasteiger charge is 2.15. The first-order chi connectivity index (χ1) is 8.54. The molecule has 0 aliphatic carbocycles. The molecule has 0 unspecified atom stereocenters. The average molecular weight is 292 g/mol.